The van der Waals surface area contributed by atoms with E-state index in [9.17, 15) is 4.79 Å². The lowest BCUT2D eigenvalue weighted by molar-refractivity contribution is -0.133. The van der Waals surface area contributed by atoms with Crippen LogP contribution in [0, 0.1) is 17.3 Å². The van der Waals surface area contributed by atoms with Gasteiger partial charge in [-0.15, -0.1) is 0 Å². The summed E-state index contributed by atoms with van der Waals surface area (Å²) in [4.78, 5) is 22.8. The molecule has 3 atom stereocenters. The molecule has 1 saturated carbocycles. The van der Waals surface area contributed by atoms with Gasteiger partial charge in [-0.3, -0.25) is 9.59 Å². The number of ether oxygens (including phenoxy) is 2. The molecule has 2 fully saturated rings. The van der Waals surface area contributed by atoms with E-state index in [1.807, 2.05) is 25.7 Å². The lowest BCUT2D eigenvalue weighted by Gasteiger charge is -2.23. The average Bonchev–Trinajstić information content (AvgIpc) is 2.88. The fourth-order valence-corrected chi connectivity index (χ4v) is 2.79. The largest absolute Gasteiger partial charge is 0.471 e. The van der Waals surface area contributed by atoms with Crippen molar-refractivity contribution < 1.29 is 19.1 Å². The van der Waals surface area contributed by atoms with E-state index in [0.717, 1.165) is 24.9 Å². The number of piperidine rings is 1. The van der Waals surface area contributed by atoms with Crippen LogP contribution in [0.15, 0.2) is 0 Å². The molecule has 0 aromatic heterocycles. The zero-order chi connectivity index (χ0) is 16.6. The summed E-state index contributed by atoms with van der Waals surface area (Å²) in [6.45, 7) is 12.9. The van der Waals surface area contributed by atoms with E-state index in [2.05, 4.69) is 18.6 Å². The Morgan fingerprint density at radius 3 is 2.05 bits per heavy atom. The molecular formula is C16H31NO4. The minimum atomic E-state index is 0.0439. The minimum Gasteiger partial charge on any atom is -0.471 e. The van der Waals surface area contributed by atoms with Gasteiger partial charge in [0.25, 0.3) is 6.47 Å². The molecule has 0 N–H and O–H groups in total. The number of hydrogen-bond donors (Lipinski definition) is 0. The predicted molar refractivity (Wildman–Crippen MR) is 82.9 cm³/mol. The van der Waals surface area contributed by atoms with Gasteiger partial charge in [0, 0.05) is 20.2 Å². The Kier molecular flexibility index (Phi) is 8.55. The van der Waals surface area contributed by atoms with Crippen LogP contribution in [0.25, 0.3) is 0 Å². The standard InChI is InChI=1S/C12H21NO2.C2H4O2.C2H6/c1-8(15-4)5-11(14)13-6-9-10(7-13)12(9,2)3;1-4-2-3;1-2/h8-10H,5-7H2,1-4H3;2H,1H3;1-2H3/t8-,9?,10?;;/m1../s1. The van der Waals surface area contributed by atoms with E-state index in [0.29, 0.717) is 18.3 Å². The number of nitrogens with zero attached hydrogens (tertiary/aromatic N) is 1. The van der Waals surface area contributed by atoms with E-state index in [4.69, 9.17) is 9.53 Å². The molecule has 21 heavy (non-hydrogen) atoms. The number of carbonyl (C=O) groups is 2. The van der Waals surface area contributed by atoms with Gasteiger partial charge in [0.15, 0.2) is 0 Å². The Labute approximate surface area is 129 Å². The Hall–Kier alpha value is -1.10. The maximum Gasteiger partial charge on any atom is 0.292 e. The van der Waals surface area contributed by atoms with Crippen LogP contribution in [0.5, 0.6) is 0 Å². The van der Waals surface area contributed by atoms with Crippen molar-refractivity contribution in [2.75, 3.05) is 27.3 Å². The van der Waals surface area contributed by atoms with Gasteiger partial charge >= 0.3 is 0 Å². The van der Waals surface area contributed by atoms with E-state index in [1.165, 1.54) is 7.11 Å². The smallest absolute Gasteiger partial charge is 0.292 e. The molecule has 124 valence electrons. The molecule has 0 radical (unpaired) electrons. The van der Waals surface area contributed by atoms with Crippen molar-refractivity contribution in [3.63, 3.8) is 0 Å². The second-order valence-corrected chi connectivity index (χ2v) is 5.92. The Morgan fingerprint density at radius 2 is 1.71 bits per heavy atom. The number of likely N-dealkylation sites (tertiary alicyclic amines) is 1. The van der Waals surface area contributed by atoms with Gasteiger partial charge in [-0.2, -0.15) is 0 Å². The average molecular weight is 301 g/mol. The first kappa shape index (κ1) is 19.9. The van der Waals surface area contributed by atoms with Crippen LogP contribution in [0.2, 0.25) is 0 Å². The third-order valence-electron chi connectivity index (χ3n) is 4.44. The zero-order valence-electron chi connectivity index (χ0n) is 14.5. The number of hydrogen-bond acceptors (Lipinski definition) is 4. The summed E-state index contributed by atoms with van der Waals surface area (Å²) in [5, 5.41) is 0. The lowest BCUT2D eigenvalue weighted by atomic mass is 10.1. The molecule has 0 aromatic rings. The monoisotopic (exact) mass is 301 g/mol. The third-order valence-corrected chi connectivity index (χ3v) is 4.44. The summed E-state index contributed by atoms with van der Waals surface area (Å²) >= 11 is 0. The minimum absolute atomic E-state index is 0.0439. The van der Waals surface area contributed by atoms with Gasteiger partial charge in [0.1, 0.15) is 0 Å². The zero-order valence-corrected chi connectivity index (χ0v) is 14.5. The van der Waals surface area contributed by atoms with Gasteiger partial charge in [-0.25, -0.2) is 0 Å². The van der Waals surface area contributed by atoms with Crippen molar-refractivity contribution in [3.8, 4) is 0 Å². The summed E-state index contributed by atoms with van der Waals surface area (Å²) in [5.74, 6) is 1.76. The van der Waals surface area contributed by atoms with Crippen LogP contribution in [-0.4, -0.2) is 50.7 Å². The highest BCUT2D eigenvalue weighted by molar-refractivity contribution is 5.77. The van der Waals surface area contributed by atoms with Crippen LogP contribution >= 0.6 is 0 Å². The Balaban J connectivity index is 0.000000579. The van der Waals surface area contributed by atoms with Crippen LogP contribution in [-0.2, 0) is 19.1 Å². The highest BCUT2D eigenvalue weighted by Gasteiger charge is 2.62. The molecule has 0 bridgehead atoms. The van der Waals surface area contributed by atoms with Gasteiger partial charge in [-0.1, -0.05) is 27.7 Å². The first-order chi connectivity index (χ1) is 9.88. The molecule has 5 heteroatoms. The summed E-state index contributed by atoms with van der Waals surface area (Å²) in [7, 11) is 2.97. The van der Waals surface area contributed by atoms with E-state index in [1.54, 1.807) is 7.11 Å². The van der Waals surface area contributed by atoms with Crippen LogP contribution < -0.4 is 0 Å². The normalized spacial score (nSPS) is 25.4. The molecule has 0 spiro atoms. The SMILES string of the molecule is CC.COC=O.CO[C@H](C)CC(=O)N1CC2C(C1)C2(C)C. The highest BCUT2D eigenvalue weighted by Crippen LogP contribution is 2.61. The summed E-state index contributed by atoms with van der Waals surface area (Å²) in [5.41, 5.74) is 0.490. The molecule has 5 nitrogen and oxygen atoms in total. The molecule has 1 amide bonds. The lowest BCUT2D eigenvalue weighted by Crippen LogP contribution is -2.34. The highest BCUT2D eigenvalue weighted by atomic mass is 16.5. The van der Waals surface area contributed by atoms with Crippen LogP contribution in [0.1, 0.15) is 41.0 Å². The number of carbonyl (C=O) groups excluding carboxylic acids is 2. The van der Waals surface area contributed by atoms with Gasteiger partial charge in [0.05, 0.1) is 19.6 Å². The molecule has 2 aliphatic rings. The van der Waals surface area contributed by atoms with E-state index in [-0.39, 0.29) is 12.0 Å². The van der Waals surface area contributed by atoms with Crippen molar-refractivity contribution in [1.82, 2.24) is 4.90 Å². The first-order valence-corrected chi connectivity index (χ1v) is 7.65. The number of amides is 1. The Morgan fingerprint density at radius 1 is 1.29 bits per heavy atom. The maximum absolute atomic E-state index is 11.8. The van der Waals surface area contributed by atoms with Crippen molar-refractivity contribution in [2.24, 2.45) is 17.3 Å². The van der Waals surface area contributed by atoms with Crippen molar-refractivity contribution in [1.29, 1.82) is 0 Å². The predicted octanol–water partition coefficient (Wildman–Crippen LogP) is 2.34. The second-order valence-electron chi connectivity index (χ2n) is 5.92. The molecule has 2 rings (SSSR count). The van der Waals surface area contributed by atoms with E-state index < -0.39 is 0 Å². The molecule has 1 saturated heterocycles. The van der Waals surface area contributed by atoms with Gasteiger partial charge in [0.2, 0.25) is 5.91 Å². The van der Waals surface area contributed by atoms with Crippen LogP contribution in [0.3, 0.4) is 0 Å². The maximum atomic E-state index is 11.8. The van der Waals surface area contributed by atoms with Gasteiger partial charge < -0.3 is 14.4 Å². The van der Waals surface area contributed by atoms with Gasteiger partial charge in [-0.05, 0) is 24.2 Å². The molecule has 1 aliphatic carbocycles. The topological polar surface area (TPSA) is 55.8 Å². The van der Waals surface area contributed by atoms with Crippen molar-refractivity contribution in [2.45, 2.75) is 47.1 Å². The quantitative estimate of drug-likeness (QED) is 0.748. The first-order valence-electron chi connectivity index (χ1n) is 7.65. The summed E-state index contributed by atoms with van der Waals surface area (Å²) in [6, 6.07) is 0. The third kappa shape index (κ3) is 5.30. The summed E-state index contributed by atoms with van der Waals surface area (Å²) < 4.78 is 8.97. The molecule has 1 heterocycles. The summed E-state index contributed by atoms with van der Waals surface area (Å²) in [6.07, 6.45) is 0.568. The fourth-order valence-electron chi connectivity index (χ4n) is 2.79. The number of methoxy groups -OCH3 is 2. The Bertz CT molecular complexity index is 316. The second kappa shape index (κ2) is 9.03. The molecular weight excluding hydrogens is 270 g/mol. The molecule has 0 aromatic carbocycles. The fraction of sp³-hybridized carbons (Fsp3) is 0.875. The molecule has 2 unspecified atom stereocenters. The number of fused-ring (bicyclic) bond motifs is 1. The van der Waals surface area contributed by atoms with Crippen LogP contribution in [0.4, 0.5) is 0 Å². The van der Waals surface area contributed by atoms with Crippen molar-refractivity contribution in [3.05, 3.63) is 0 Å². The van der Waals surface area contributed by atoms with E-state index >= 15 is 0 Å². The van der Waals surface area contributed by atoms with Crippen molar-refractivity contribution >= 4 is 12.4 Å². The number of rotatable bonds is 4. The molecule has 1 aliphatic heterocycles.